The molecule has 0 radical (unpaired) electrons. The molecule has 30 heavy (non-hydrogen) atoms. The number of nitrogens with one attached hydrogen (secondary N) is 3. The number of fused-ring (bicyclic) bond motifs is 2. The number of nitrogens with zero attached hydrogens (tertiary/aromatic N) is 4. The second-order valence-corrected chi connectivity index (χ2v) is 6.78. The van der Waals surface area contributed by atoms with Crippen LogP contribution < -0.4 is 5.32 Å². The second-order valence-electron chi connectivity index (χ2n) is 6.78. The van der Waals surface area contributed by atoms with Crippen molar-refractivity contribution in [3.05, 3.63) is 54.7 Å². The lowest BCUT2D eigenvalue weighted by Gasteiger charge is -2.07. The molecule has 3 N–H and O–H groups in total. The summed E-state index contributed by atoms with van der Waals surface area (Å²) in [5.74, 6) is -0.0710. The Kier molecular flexibility index (Phi) is 4.20. The van der Waals surface area contributed by atoms with Gasteiger partial charge in [-0.1, -0.05) is 6.92 Å². The fourth-order valence-electron chi connectivity index (χ4n) is 3.30. The van der Waals surface area contributed by atoms with Crippen molar-refractivity contribution < 1.29 is 9.18 Å². The highest BCUT2D eigenvalue weighted by Crippen LogP contribution is 2.32. The molecular weight excluding hydrogens is 385 g/mol. The third-order valence-electron chi connectivity index (χ3n) is 4.78. The van der Waals surface area contributed by atoms with Gasteiger partial charge >= 0.3 is 0 Å². The maximum Gasteiger partial charge on any atom is 0.224 e. The van der Waals surface area contributed by atoms with E-state index in [9.17, 15) is 9.18 Å². The van der Waals surface area contributed by atoms with Gasteiger partial charge in [-0.15, -0.1) is 0 Å². The highest BCUT2D eigenvalue weighted by molar-refractivity contribution is 5.96. The number of H-pyrrole nitrogens is 2. The van der Waals surface area contributed by atoms with E-state index in [2.05, 4.69) is 35.5 Å². The summed E-state index contributed by atoms with van der Waals surface area (Å²) in [7, 11) is 0. The zero-order valence-corrected chi connectivity index (χ0v) is 15.9. The first-order chi connectivity index (χ1) is 14.6. The predicted octanol–water partition coefficient (Wildman–Crippen LogP) is 4.05. The maximum absolute atomic E-state index is 14.8. The topological polar surface area (TPSA) is 112 Å². The van der Waals surface area contributed by atoms with Crippen molar-refractivity contribution >= 4 is 33.7 Å². The fraction of sp³-hybridized carbons (Fsp3) is 0.0952. The first kappa shape index (κ1) is 17.9. The fourth-order valence-corrected chi connectivity index (χ4v) is 3.30. The Labute approximate surface area is 169 Å². The van der Waals surface area contributed by atoms with Crippen LogP contribution in [0.3, 0.4) is 0 Å². The van der Waals surface area contributed by atoms with Gasteiger partial charge in [-0.2, -0.15) is 5.10 Å². The number of halogens is 1. The number of hydrogen-bond acceptors (Lipinski definition) is 5. The minimum Gasteiger partial charge on any atom is -0.335 e. The standard InChI is InChI=1S/C21H16FN7O/c1-2-17(30)25-13-6-12(9-23-10-13)11-7-14-18(15(22)8-11)28-29-19(14)21-26-16-4-3-5-24-20(16)27-21/h3-10H,2H2,1H3,(H,25,30)(H,28,29)(H,24,26,27). The maximum atomic E-state index is 14.8. The number of carbonyl (C=O) groups excluding carboxylic acids is 1. The third kappa shape index (κ3) is 3.06. The quantitative estimate of drug-likeness (QED) is 0.421. The molecule has 0 atom stereocenters. The summed E-state index contributed by atoms with van der Waals surface area (Å²) in [6.45, 7) is 1.77. The average molecular weight is 401 g/mol. The summed E-state index contributed by atoms with van der Waals surface area (Å²) in [5.41, 5.74) is 3.94. The number of imidazole rings is 1. The second kappa shape index (κ2) is 7.03. The molecule has 0 unspecified atom stereocenters. The number of aromatic nitrogens is 6. The van der Waals surface area contributed by atoms with Crippen LogP contribution >= 0.6 is 0 Å². The molecule has 4 heterocycles. The summed E-state index contributed by atoms with van der Waals surface area (Å²) in [6.07, 6.45) is 5.19. The molecule has 5 aromatic rings. The first-order valence-electron chi connectivity index (χ1n) is 9.36. The van der Waals surface area contributed by atoms with Crippen LogP contribution in [0.25, 0.3) is 44.7 Å². The minimum absolute atomic E-state index is 0.119. The van der Waals surface area contributed by atoms with Crippen LogP contribution in [0.4, 0.5) is 10.1 Å². The largest absolute Gasteiger partial charge is 0.335 e. The monoisotopic (exact) mass is 401 g/mol. The Balaban J connectivity index is 1.62. The Morgan fingerprint density at radius 2 is 2.10 bits per heavy atom. The highest BCUT2D eigenvalue weighted by atomic mass is 19.1. The Morgan fingerprint density at radius 3 is 2.93 bits per heavy atom. The zero-order valence-electron chi connectivity index (χ0n) is 15.9. The molecule has 0 aliphatic carbocycles. The summed E-state index contributed by atoms with van der Waals surface area (Å²) in [4.78, 5) is 27.7. The predicted molar refractivity (Wildman–Crippen MR) is 111 cm³/mol. The van der Waals surface area contributed by atoms with E-state index in [-0.39, 0.29) is 11.4 Å². The van der Waals surface area contributed by atoms with E-state index in [1.54, 1.807) is 31.6 Å². The summed E-state index contributed by atoms with van der Waals surface area (Å²) in [5, 5.41) is 10.3. The van der Waals surface area contributed by atoms with Crippen LogP contribution in [0.1, 0.15) is 13.3 Å². The molecule has 1 aromatic carbocycles. The van der Waals surface area contributed by atoms with Crippen molar-refractivity contribution in [1.29, 1.82) is 0 Å². The lowest BCUT2D eigenvalue weighted by molar-refractivity contribution is -0.115. The van der Waals surface area contributed by atoms with Crippen LogP contribution in [-0.2, 0) is 4.79 Å². The van der Waals surface area contributed by atoms with E-state index in [1.807, 2.05) is 18.2 Å². The summed E-state index contributed by atoms with van der Waals surface area (Å²) >= 11 is 0. The summed E-state index contributed by atoms with van der Waals surface area (Å²) < 4.78 is 14.8. The molecular formula is C21H16FN7O. The normalized spacial score (nSPS) is 11.3. The number of hydrogen-bond donors (Lipinski definition) is 3. The van der Waals surface area contributed by atoms with Crippen LogP contribution in [0, 0.1) is 5.82 Å². The molecule has 148 valence electrons. The van der Waals surface area contributed by atoms with Crippen molar-refractivity contribution in [2.24, 2.45) is 0 Å². The van der Waals surface area contributed by atoms with Crippen LogP contribution in [-0.4, -0.2) is 36.0 Å². The van der Waals surface area contributed by atoms with Gasteiger partial charge in [-0.3, -0.25) is 14.9 Å². The molecule has 1 amide bonds. The van der Waals surface area contributed by atoms with E-state index < -0.39 is 5.82 Å². The number of anilines is 1. The van der Waals surface area contributed by atoms with E-state index in [0.29, 0.717) is 45.8 Å². The smallest absolute Gasteiger partial charge is 0.224 e. The van der Waals surface area contributed by atoms with Crippen molar-refractivity contribution in [2.45, 2.75) is 13.3 Å². The van der Waals surface area contributed by atoms with Crippen molar-refractivity contribution in [2.75, 3.05) is 5.32 Å². The van der Waals surface area contributed by atoms with Crippen LogP contribution in [0.2, 0.25) is 0 Å². The molecule has 9 heteroatoms. The van der Waals surface area contributed by atoms with E-state index >= 15 is 0 Å². The van der Waals surface area contributed by atoms with Gasteiger partial charge in [-0.05, 0) is 35.9 Å². The molecule has 8 nitrogen and oxygen atoms in total. The van der Waals surface area contributed by atoms with Crippen LogP contribution in [0.5, 0.6) is 0 Å². The molecule has 0 aliphatic rings. The molecule has 0 fully saturated rings. The highest BCUT2D eigenvalue weighted by Gasteiger charge is 2.17. The average Bonchev–Trinajstić information content (AvgIpc) is 3.38. The molecule has 0 bridgehead atoms. The number of carbonyl (C=O) groups is 1. The number of amides is 1. The van der Waals surface area contributed by atoms with E-state index in [4.69, 9.17) is 0 Å². The Hall–Kier alpha value is -4.14. The Morgan fingerprint density at radius 1 is 1.20 bits per heavy atom. The van der Waals surface area contributed by atoms with Crippen molar-refractivity contribution in [3.8, 4) is 22.6 Å². The van der Waals surface area contributed by atoms with E-state index in [0.717, 1.165) is 5.52 Å². The summed E-state index contributed by atoms with van der Waals surface area (Å²) in [6, 6.07) is 8.65. The van der Waals surface area contributed by atoms with Gasteiger partial charge in [0.15, 0.2) is 17.3 Å². The van der Waals surface area contributed by atoms with Crippen molar-refractivity contribution in [3.63, 3.8) is 0 Å². The number of aromatic amines is 2. The molecule has 0 saturated carbocycles. The SMILES string of the molecule is CCC(=O)Nc1cncc(-c2cc(F)c3n[nH]c(-c4nc5ncccc5[nH]4)c3c2)c1. The molecule has 0 aliphatic heterocycles. The number of pyridine rings is 2. The Bertz CT molecular complexity index is 1370. The lowest BCUT2D eigenvalue weighted by atomic mass is 10.0. The third-order valence-corrected chi connectivity index (χ3v) is 4.78. The van der Waals surface area contributed by atoms with Gasteiger partial charge in [0.05, 0.1) is 17.4 Å². The molecule has 0 spiro atoms. The van der Waals surface area contributed by atoms with Gasteiger partial charge in [0.25, 0.3) is 0 Å². The van der Waals surface area contributed by atoms with Gasteiger partial charge in [-0.25, -0.2) is 14.4 Å². The zero-order chi connectivity index (χ0) is 20.7. The van der Waals surface area contributed by atoms with Gasteiger partial charge < -0.3 is 10.3 Å². The van der Waals surface area contributed by atoms with Gasteiger partial charge in [0, 0.05) is 29.8 Å². The minimum atomic E-state index is -0.470. The first-order valence-corrected chi connectivity index (χ1v) is 9.36. The van der Waals surface area contributed by atoms with E-state index in [1.165, 1.54) is 6.07 Å². The molecule has 0 saturated heterocycles. The number of benzene rings is 1. The van der Waals surface area contributed by atoms with Crippen molar-refractivity contribution in [1.82, 2.24) is 30.1 Å². The molecule has 4 aromatic heterocycles. The molecule has 5 rings (SSSR count). The number of rotatable bonds is 4. The van der Waals surface area contributed by atoms with Gasteiger partial charge in [0.2, 0.25) is 5.91 Å². The van der Waals surface area contributed by atoms with Crippen LogP contribution in [0.15, 0.2) is 48.9 Å². The van der Waals surface area contributed by atoms with Gasteiger partial charge in [0.1, 0.15) is 11.2 Å². The lowest BCUT2D eigenvalue weighted by Crippen LogP contribution is -2.09.